The van der Waals surface area contributed by atoms with Crippen LogP contribution in [0.25, 0.3) is 16.6 Å². The van der Waals surface area contributed by atoms with Gasteiger partial charge in [0.05, 0.1) is 28.4 Å². The minimum absolute atomic E-state index is 0.297. The number of hydrogen-bond donors (Lipinski definition) is 0. The highest BCUT2D eigenvalue weighted by Crippen LogP contribution is 2.22. The van der Waals surface area contributed by atoms with Gasteiger partial charge < -0.3 is 0 Å². The van der Waals surface area contributed by atoms with Crippen LogP contribution in [0.1, 0.15) is 0 Å². The molecule has 2 aromatic carbocycles. The zero-order valence-corrected chi connectivity index (χ0v) is 9.65. The predicted octanol–water partition coefficient (Wildman–Crippen LogP) is 3.07. The summed E-state index contributed by atoms with van der Waals surface area (Å²) in [5.74, 6) is -0.663. The molecule has 0 atom stereocenters. The summed E-state index contributed by atoms with van der Waals surface area (Å²) in [4.78, 5) is 10.1. The van der Waals surface area contributed by atoms with Crippen molar-refractivity contribution in [3.63, 3.8) is 0 Å². The molecule has 5 nitrogen and oxygen atoms in total. The number of benzene rings is 2. The molecule has 1 aromatic heterocycles. The summed E-state index contributed by atoms with van der Waals surface area (Å²) in [6.45, 7) is 0. The van der Waals surface area contributed by atoms with Gasteiger partial charge in [-0.3, -0.25) is 10.1 Å². The van der Waals surface area contributed by atoms with Crippen LogP contribution in [0, 0.1) is 15.9 Å². The number of aromatic nitrogens is 2. The maximum Gasteiger partial charge on any atom is 0.274 e. The highest BCUT2D eigenvalue weighted by molar-refractivity contribution is 5.80. The fourth-order valence-corrected chi connectivity index (χ4v) is 1.96. The molecule has 0 saturated heterocycles. The lowest BCUT2D eigenvalue weighted by molar-refractivity contribution is -0.385. The third kappa shape index (κ3) is 1.93. The standard InChI is InChI=1S/C13H8FN3O2/c14-10-5-11(7-12(6-10)17(18)19)16-13-4-2-1-3-9(13)8-15-16/h1-8H. The van der Waals surface area contributed by atoms with Gasteiger partial charge in [-0.1, -0.05) is 18.2 Å². The largest absolute Gasteiger partial charge is 0.274 e. The Morgan fingerprint density at radius 1 is 1.21 bits per heavy atom. The SMILES string of the molecule is O=[N+]([O-])c1cc(F)cc(-n2ncc3ccccc32)c1. The number of non-ortho nitro benzene ring substituents is 1. The van der Waals surface area contributed by atoms with E-state index in [1.54, 1.807) is 6.20 Å². The molecule has 0 fully saturated rings. The summed E-state index contributed by atoms with van der Waals surface area (Å²) in [5.41, 5.74) is 0.796. The van der Waals surface area contributed by atoms with Crippen LogP contribution in [-0.4, -0.2) is 14.7 Å². The maximum absolute atomic E-state index is 13.4. The van der Waals surface area contributed by atoms with E-state index in [-0.39, 0.29) is 5.69 Å². The van der Waals surface area contributed by atoms with E-state index in [0.717, 1.165) is 17.0 Å². The number of nitro benzene ring substituents is 1. The minimum atomic E-state index is -0.663. The molecule has 0 amide bonds. The van der Waals surface area contributed by atoms with Crippen molar-refractivity contribution in [3.8, 4) is 5.69 Å². The van der Waals surface area contributed by atoms with Crippen molar-refractivity contribution in [1.82, 2.24) is 9.78 Å². The third-order valence-electron chi connectivity index (χ3n) is 2.80. The molecule has 0 aliphatic carbocycles. The van der Waals surface area contributed by atoms with Crippen molar-refractivity contribution < 1.29 is 9.31 Å². The number of halogens is 1. The molecule has 0 aliphatic rings. The van der Waals surface area contributed by atoms with Gasteiger partial charge >= 0.3 is 0 Å². The first-order valence-corrected chi connectivity index (χ1v) is 5.53. The quantitative estimate of drug-likeness (QED) is 0.523. The zero-order chi connectivity index (χ0) is 13.4. The molecule has 1 heterocycles. The molecular formula is C13H8FN3O2. The Morgan fingerprint density at radius 2 is 2.00 bits per heavy atom. The summed E-state index contributed by atoms with van der Waals surface area (Å²) in [6.07, 6.45) is 1.63. The van der Waals surface area contributed by atoms with Crippen LogP contribution in [-0.2, 0) is 0 Å². The summed E-state index contributed by atoms with van der Waals surface area (Å²) in [5, 5.41) is 15.8. The lowest BCUT2D eigenvalue weighted by Gasteiger charge is -2.03. The second-order valence-corrected chi connectivity index (χ2v) is 4.04. The van der Waals surface area contributed by atoms with Crippen molar-refractivity contribution in [3.05, 3.63) is 64.6 Å². The van der Waals surface area contributed by atoms with Crippen LogP contribution in [0.4, 0.5) is 10.1 Å². The molecule has 0 saturated carbocycles. The van der Waals surface area contributed by atoms with Gasteiger partial charge in [-0.15, -0.1) is 0 Å². The molecule has 3 rings (SSSR count). The van der Waals surface area contributed by atoms with Crippen LogP contribution in [0.2, 0.25) is 0 Å². The van der Waals surface area contributed by atoms with Gasteiger partial charge in [0.15, 0.2) is 0 Å². The molecule has 0 bridgehead atoms. The first-order valence-electron chi connectivity index (χ1n) is 5.53. The van der Waals surface area contributed by atoms with Crippen molar-refractivity contribution in [1.29, 1.82) is 0 Å². The van der Waals surface area contributed by atoms with Gasteiger partial charge in [0.25, 0.3) is 5.69 Å². The average molecular weight is 257 g/mol. The van der Waals surface area contributed by atoms with Gasteiger partial charge in [0.1, 0.15) is 5.82 Å². The molecule has 3 aromatic rings. The highest BCUT2D eigenvalue weighted by Gasteiger charge is 2.12. The molecule has 0 unspecified atom stereocenters. The number of rotatable bonds is 2. The highest BCUT2D eigenvalue weighted by atomic mass is 19.1. The van der Waals surface area contributed by atoms with Gasteiger partial charge in [0, 0.05) is 17.5 Å². The second-order valence-electron chi connectivity index (χ2n) is 4.04. The summed E-state index contributed by atoms with van der Waals surface area (Å²) < 4.78 is 14.9. The first kappa shape index (κ1) is 11.3. The predicted molar refractivity (Wildman–Crippen MR) is 67.7 cm³/mol. The average Bonchev–Trinajstić information content (AvgIpc) is 2.81. The smallest absolute Gasteiger partial charge is 0.258 e. The first-order chi connectivity index (χ1) is 9.15. The van der Waals surface area contributed by atoms with E-state index in [4.69, 9.17) is 0 Å². The van der Waals surface area contributed by atoms with Crippen molar-refractivity contribution in [2.75, 3.05) is 0 Å². The Balaban J connectivity index is 2.24. The van der Waals surface area contributed by atoms with E-state index < -0.39 is 10.7 Å². The normalized spacial score (nSPS) is 10.8. The molecule has 0 spiro atoms. The summed E-state index contributed by atoms with van der Waals surface area (Å²) >= 11 is 0. The van der Waals surface area contributed by atoms with E-state index in [1.165, 1.54) is 16.8 Å². The number of para-hydroxylation sites is 1. The molecule has 6 heteroatoms. The Morgan fingerprint density at radius 3 is 2.79 bits per heavy atom. The second kappa shape index (κ2) is 4.16. The van der Waals surface area contributed by atoms with Gasteiger partial charge in [0.2, 0.25) is 0 Å². The van der Waals surface area contributed by atoms with E-state index in [1.807, 2.05) is 24.3 Å². The Kier molecular flexibility index (Phi) is 2.49. The van der Waals surface area contributed by atoms with Gasteiger partial charge in [-0.25, -0.2) is 9.07 Å². The number of fused-ring (bicyclic) bond motifs is 1. The Hall–Kier alpha value is -2.76. The Bertz CT molecular complexity index is 782. The lowest BCUT2D eigenvalue weighted by Crippen LogP contribution is -1.99. The van der Waals surface area contributed by atoms with Crippen molar-refractivity contribution in [2.45, 2.75) is 0 Å². The minimum Gasteiger partial charge on any atom is -0.258 e. The molecule has 0 aliphatic heterocycles. The number of nitrogens with zero attached hydrogens (tertiary/aromatic N) is 3. The van der Waals surface area contributed by atoms with E-state index in [2.05, 4.69) is 5.10 Å². The number of hydrogen-bond acceptors (Lipinski definition) is 3. The van der Waals surface area contributed by atoms with Crippen LogP contribution in [0.15, 0.2) is 48.7 Å². The Labute approximate surface area is 107 Å². The zero-order valence-electron chi connectivity index (χ0n) is 9.65. The van der Waals surface area contributed by atoms with Crippen LogP contribution in [0.3, 0.4) is 0 Å². The van der Waals surface area contributed by atoms with Gasteiger partial charge in [-0.2, -0.15) is 5.10 Å². The monoisotopic (exact) mass is 257 g/mol. The van der Waals surface area contributed by atoms with E-state index >= 15 is 0 Å². The van der Waals surface area contributed by atoms with Gasteiger partial charge in [-0.05, 0) is 6.07 Å². The fraction of sp³-hybridized carbons (Fsp3) is 0. The molecule has 94 valence electrons. The maximum atomic E-state index is 13.4. The van der Waals surface area contributed by atoms with E-state index in [0.29, 0.717) is 5.69 Å². The third-order valence-corrected chi connectivity index (χ3v) is 2.80. The van der Waals surface area contributed by atoms with E-state index in [9.17, 15) is 14.5 Å². The molecule has 0 radical (unpaired) electrons. The topological polar surface area (TPSA) is 61.0 Å². The lowest BCUT2D eigenvalue weighted by atomic mass is 10.2. The molecular weight excluding hydrogens is 249 g/mol. The number of nitro groups is 1. The molecule has 19 heavy (non-hydrogen) atoms. The van der Waals surface area contributed by atoms with Crippen LogP contribution >= 0.6 is 0 Å². The van der Waals surface area contributed by atoms with Crippen LogP contribution < -0.4 is 0 Å². The summed E-state index contributed by atoms with van der Waals surface area (Å²) in [6, 6.07) is 10.8. The van der Waals surface area contributed by atoms with Crippen molar-refractivity contribution in [2.24, 2.45) is 0 Å². The molecule has 0 N–H and O–H groups in total. The fourth-order valence-electron chi connectivity index (χ4n) is 1.96. The van der Waals surface area contributed by atoms with Crippen molar-refractivity contribution >= 4 is 16.6 Å². The van der Waals surface area contributed by atoms with Crippen LogP contribution in [0.5, 0.6) is 0 Å². The summed E-state index contributed by atoms with van der Waals surface area (Å²) in [7, 11) is 0.